The molecule has 0 saturated carbocycles. The Morgan fingerprint density at radius 2 is 2.36 bits per heavy atom. The molecule has 2 rings (SSSR count). The number of piperidine rings is 1. The van der Waals surface area contributed by atoms with Crippen molar-refractivity contribution in [1.29, 1.82) is 0 Å². The molecule has 0 aromatic carbocycles. The average Bonchev–Trinajstić information content (AvgIpc) is 2.55. The van der Waals surface area contributed by atoms with Gasteiger partial charge in [-0.1, -0.05) is 12.5 Å². The molecule has 5 nitrogen and oxygen atoms in total. The summed E-state index contributed by atoms with van der Waals surface area (Å²) in [7, 11) is 2.17. The molecule has 1 saturated heterocycles. The van der Waals surface area contributed by atoms with Gasteiger partial charge in [-0.25, -0.2) is 4.98 Å². The molecule has 1 aromatic heterocycles. The van der Waals surface area contributed by atoms with Gasteiger partial charge in [0.05, 0.1) is 5.56 Å². The van der Waals surface area contributed by atoms with E-state index < -0.39 is 0 Å². The van der Waals surface area contributed by atoms with Gasteiger partial charge in [0.1, 0.15) is 5.82 Å². The fourth-order valence-electron chi connectivity index (χ4n) is 2.77. The van der Waals surface area contributed by atoms with E-state index in [1.54, 1.807) is 18.3 Å². The number of nitrogens with zero attached hydrogens (tertiary/aromatic N) is 2. The summed E-state index contributed by atoms with van der Waals surface area (Å²) in [4.78, 5) is 18.7. The minimum Gasteiger partial charge on any atom is -0.367 e. The monoisotopic (exact) mass is 302 g/mol. The Morgan fingerprint density at radius 1 is 1.50 bits per heavy atom. The van der Waals surface area contributed by atoms with Crippen molar-refractivity contribution < 1.29 is 4.79 Å². The van der Waals surface area contributed by atoms with Crippen LogP contribution in [0.2, 0.25) is 0 Å². The van der Waals surface area contributed by atoms with E-state index in [2.05, 4.69) is 34.1 Å². The van der Waals surface area contributed by atoms with Crippen molar-refractivity contribution in [2.75, 3.05) is 32.0 Å². The Kier molecular flexibility index (Phi) is 6.40. The third-order valence-electron chi connectivity index (χ3n) is 4.14. The topological polar surface area (TPSA) is 57.3 Å². The number of amides is 1. The first kappa shape index (κ1) is 16.5. The van der Waals surface area contributed by atoms with E-state index in [1.165, 1.54) is 25.8 Å². The van der Waals surface area contributed by atoms with Crippen LogP contribution >= 0.6 is 0 Å². The molecule has 2 N–H and O–H groups in total. The molecule has 1 aromatic rings. The highest BCUT2D eigenvalue weighted by Gasteiger charge is 2.18. The van der Waals surface area contributed by atoms with Crippen molar-refractivity contribution >= 4 is 11.7 Å². The number of anilines is 1. The zero-order valence-corrected chi connectivity index (χ0v) is 13.3. The molecule has 5 heteroatoms. The SMILES string of the molecule is C=CCNc1ccc(C(=O)NCCC2CCCCN2C)cn1. The molecule has 1 unspecified atom stereocenters. The van der Waals surface area contributed by atoms with E-state index in [0.717, 1.165) is 12.2 Å². The van der Waals surface area contributed by atoms with Gasteiger partial charge in [-0.05, 0) is 45.0 Å². The third kappa shape index (κ3) is 4.84. The van der Waals surface area contributed by atoms with Gasteiger partial charge in [-0.3, -0.25) is 4.79 Å². The molecule has 1 amide bonds. The molecule has 2 heterocycles. The molecule has 1 aliphatic rings. The lowest BCUT2D eigenvalue weighted by atomic mass is 10.0. The summed E-state index contributed by atoms with van der Waals surface area (Å²) in [6.45, 7) is 6.18. The highest BCUT2D eigenvalue weighted by molar-refractivity contribution is 5.94. The Balaban J connectivity index is 1.75. The predicted molar refractivity (Wildman–Crippen MR) is 90.1 cm³/mol. The van der Waals surface area contributed by atoms with Crippen molar-refractivity contribution in [3.8, 4) is 0 Å². The van der Waals surface area contributed by atoms with Crippen molar-refractivity contribution in [1.82, 2.24) is 15.2 Å². The number of carbonyl (C=O) groups is 1. The molecule has 1 fully saturated rings. The fraction of sp³-hybridized carbons (Fsp3) is 0.529. The lowest BCUT2D eigenvalue weighted by molar-refractivity contribution is 0.0945. The summed E-state index contributed by atoms with van der Waals surface area (Å²) in [6.07, 6.45) is 8.20. The zero-order chi connectivity index (χ0) is 15.8. The molecule has 120 valence electrons. The van der Waals surface area contributed by atoms with E-state index >= 15 is 0 Å². The lowest BCUT2D eigenvalue weighted by Crippen LogP contribution is -2.39. The summed E-state index contributed by atoms with van der Waals surface area (Å²) >= 11 is 0. The number of likely N-dealkylation sites (tertiary alicyclic amines) is 1. The maximum atomic E-state index is 12.1. The van der Waals surface area contributed by atoms with Crippen LogP contribution in [0, 0.1) is 0 Å². The van der Waals surface area contributed by atoms with Gasteiger partial charge in [0.15, 0.2) is 0 Å². The maximum Gasteiger partial charge on any atom is 0.252 e. The summed E-state index contributed by atoms with van der Waals surface area (Å²) in [5.41, 5.74) is 0.598. The first-order chi connectivity index (χ1) is 10.7. The van der Waals surface area contributed by atoms with E-state index in [1.807, 2.05) is 6.07 Å². The number of carbonyl (C=O) groups excluding carboxylic acids is 1. The normalized spacial score (nSPS) is 18.7. The second kappa shape index (κ2) is 8.54. The number of pyridine rings is 1. The van der Waals surface area contributed by atoms with Crippen LogP contribution in [0.15, 0.2) is 31.0 Å². The largest absolute Gasteiger partial charge is 0.367 e. The molecule has 1 atom stereocenters. The first-order valence-corrected chi connectivity index (χ1v) is 8.00. The minimum absolute atomic E-state index is 0.0544. The highest BCUT2D eigenvalue weighted by atomic mass is 16.1. The Labute approximate surface area is 132 Å². The van der Waals surface area contributed by atoms with Crippen LogP contribution in [0.5, 0.6) is 0 Å². The second-order valence-electron chi connectivity index (χ2n) is 5.78. The molecule has 0 radical (unpaired) electrons. The van der Waals surface area contributed by atoms with Gasteiger partial charge in [-0.15, -0.1) is 6.58 Å². The van der Waals surface area contributed by atoms with Crippen molar-refractivity contribution in [3.05, 3.63) is 36.5 Å². The number of rotatable bonds is 7. The summed E-state index contributed by atoms with van der Waals surface area (Å²) in [5, 5.41) is 6.07. The van der Waals surface area contributed by atoms with Crippen molar-refractivity contribution in [2.45, 2.75) is 31.7 Å². The van der Waals surface area contributed by atoms with Gasteiger partial charge in [-0.2, -0.15) is 0 Å². The average molecular weight is 302 g/mol. The van der Waals surface area contributed by atoms with E-state index in [-0.39, 0.29) is 5.91 Å². The highest BCUT2D eigenvalue weighted by Crippen LogP contribution is 2.17. The minimum atomic E-state index is -0.0544. The standard InChI is InChI=1S/C17H26N4O/c1-3-10-18-16-8-7-14(13-20-16)17(22)19-11-9-15-6-4-5-12-21(15)2/h3,7-8,13,15H,1,4-6,9-12H2,2H3,(H,18,20)(H,19,22). The third-order valence-corrected chi connectivity index (χ3v) is 4.14. The first-order valence-electron chi connectivity index (χ1n) is 8.00. The van der Waals surface area contributed by atoms with Crippen LogP contribution in [-0.4, -0.2) is 48.5 Å². The molecule has 0 bridgehead atoms. The molecule has 0 aliphatic carbocycles. The predicted octanol–water partition coefficient (Wildman–Crippen LogP) is 2.28. The molecule has 1 aliphatic heterocycles. The smallest absolute Gasteiger partial charge is 0.252 e. The molecule has 0 spiro atoms. The molecular formula is C17H26N4O. The van der Waals surface area contributed by atoms with Gasteiger partial charge in [0.2, 0.25) is 0 Å². The number of hydrogen-bond acceptors (Lipinski definition) is 4. The quantitative estimate of drug-likeness (QED) is 0.759. The van der Waals surface area contributed by atoms with Crippen molar-refractivity contribution in [2.24, 2.45) is 0 Å². The number of hydrogen-bond donors (Lipinski definition) is 2. The van der Waals surface area contributed by atoms with E-state index in [4.69, 9.17) is 0 Å². The fourth-order valence-corrected chi connectivity index (χ4v) is 2.77. The van der Waals surface area contributed by atoms with Gasteiger partial charge < -0.3 is 15.5 Å². The van der Waals surface area contributed by atoms with Crippen molar-refractivity contribution in [3.63, 3.8) is 0 Å². The van der Waals surface area contributed by atoms with Crippen LogP contribution in [0.4, 0.5) is 5.82 Å². The lowest BCUT2D eigenvalue weighted by Gasteiger charge is -2.32. The van der Waals surface area contributed by atoms with Crippen LogP contribution in [-0.2, 0) is 0 Å². The Hall–Kier alpha value is -1.88. The Morgan fingerprint density at radius 3 is 3.05 bits per heavy atom. The van der Waals surface area contributed by atoms with Crippen LogP contribution < -0.4 is 10.6 Å². The molecular weight excluding hydrogens is 276 g/mol. The van der Waals surface area contributed by atoms with E-state index in [0.29, 0.717) is 24.7 Å². The number of aromatic nitrogens is 1. The van der Waals surface area contributed by atoms with Crippen LogP contribution in [0.25, 0.3) is 0 Å². The van der Waals surface area contributed by atoms with Crippen LogP contribution in [0.1, 0.15) is 36.0 Å². The van der Waals surface area contributed by atoms with E-state index in [9.17, 15) is 4.79 Å². The number of nitrogens with one attached hydrogen (secondary N) is 2. The second-order valence-corrected chi connectivity index (χ2v) is 5.78. The van der Waals surface area contributed by atoms with Gasteiger partial charge in [0.25, 0.3) is 5.91 Å². The van der Waals surface area contributed by atoms with Gasteiger partial charge in [0, 0.05) is 25.3 Å². The Bertz CT molecular complexity index is 486. The summed E-state index contributed by atoms with van der Waals surface area (Å²) in [5.74, 6) is 0.696. The van der Waals surface area contributed by atoms with Gasteiger partial charge >= 0.3 is 0 Å². The van der Waals surface area contributed by atoms with Crippen LogP contribution in [0.3, 0.4) is 0 Å². The molecule has 22 heavy (non-hydrogen) atoms. The maximum absolute atomic E-state index is 12.1. The summed E-state index contributed by atoms with van der Waals surface area (Å²) in [6, 6.07) is 4.20. The summed E-state index contributed by atoms with van der Waals surface area (Å²) < 4.78 is 0. The zero-order valence-electron chi connectivity index (χ0n) is 13.3.